The van der Waals surface area contributed by atoms with Gasteiger partial charge in [0.05, 0.1) is 6.61 Å². The number of carboxylic acid groups (broad SMARTS) is 1. The van der Waals surface area contributed by atoms with Crippen molar-refractivity contribution in [2.45, 2.75) is 18.3 Å². The number of aliphatic hydroxyl groups excluding tert-OH is 4. The third kappa shape index (κ3) is 4.85. The largest absolute Gasteiger partial charge is 0.479 e. The summed E-state index contributed by atoms with van der Waals surface area (Å²) in [7, 11) is 0. The fraction of sp³-hybridized carbons (Fsp3) is 0.800. The van der Waals surface area contributed by atoms with Gasteiger partial charge in [-0.15, -0.1) is 0 Å². The summed E-state index contributed by atoms with van der Waals surface area (Å²) in [6.07, 6.45) is -5.57. The second-order valence-corrected chi connectivity index (χ2v) is 2.02. The van der Waals surface area contributed by atoms with Crippen LogP contribution in [0.4, 0.5) is 0 Å². The maximum atomic E-state index is 9.96. The maximum Gasteiger partial charge on any atom is 0.335 e. The van der Waals surface area contributed by atoms with Gasteiger partial charge in [0.25, 0.3) is 0 Å². The Balaban J connectivity index is 0. The molecule has 12 heavy (non-hydrogen) atoms. The number of hydrogen-bond donors (Lipinski definition) is 5. The molecule has 5 N–H and O–H groups in total. The van der Waals surface area contributed by atoms with Crippen molar-refractivity contribution in [2.24, 2.45) is 0 Å². The van der Waals surface area contributed by atoms with Crippen LogP contribution >= 0.6 is 0 Å². The molecule has 3 atom stereocenters. The van der Waals surface area contributed by atoms with Gasteiger partial charge in [-0.2, -0.15) is 0 Å². The fourth-order valence-corrected chi connectivity index (χ4v) is 0.465. The van der Waals surface area contributed by atoms with E-state index in [1.165, 1.54) is 0 Å². The molecule has 0 spiro atoms. The van der Waals surface area contributed by atoms with E-state index < -0.39 is 30.9 Å². The molecule has 0 fully saturated rings. The molecule has 0 aliphatic rings. The molecule has 7 heteroatoms. The van der Waals surface area contributed by atoms with E-state index in [0.717, 1.165) is 0 Å². The van der Waals surface area contributed by atoms with E-state index in [-0.39, 0.29) is 51.4 Å². The number of hydrogen-bond acceptors (Lipinski definition) is 5. The van der Waals surface area contributed by atoms with Crippen molar-refractivity contribution >= 4 is 57.4 Å². The van der Waals surface area contributed by atoms with Crippen molar-refractivity contribution in [1.29, 1.82) is 0 Å². The quantitative estimate of drug-likeness (QED) is 0.308. The van der Waals surface area contributed by atoms with Gasteiger partial charge in [-0.25, -0.2) is 4.79 Å². The molecule has 0 bridgehead atoms. The molecule has 6 nitrogen and oxygen atoms in total. The van der Waals surface area contributed by atoms with Crippen molar-refractivity contribution < 1.29 is 30.3 Å². The van der Waals surface area contributed by atoms with Crippen LogP contribution in [0.25, 0.3) is 0 Å². The molecule has 0 aliphatic heterocycles. The second kappa shape index (κ2) is 7.36. The summed E-state index contributed by atoms with van der Waals surface area (Å²) < 4.78 is 0. The van der Waals surface area contributed by atoms with Gasteiger partial charge >= 0.3 is 5.97 Å². The SMILES string of the molecule is O=C(O)C(O)C(O)C(O)CO.[K]. The first-order valence-electron chi connectivity index (χ1n) is 2.88. The van der Waals surface area contributed by atoms with E-state index in [1.807, 2.05) is 0 Å². The van der Waals surface area contributed by atoms with E-state index in [4.69, 9.17) is 25.5 Å². The van der Waals surface area contributed by atoms with E-state index in [0.29, 0.717) is 0 Å². The molecule has 0 aromatic rings. The Morgan fingerprint density at radius 2 is 1.67 bits per heavy atom. The van der Waals surface area contributed by atoms with Crippen LogP contribution < -0.4 is 0 Å². The number of carbonyl (C=O) groups is 1. The normalized spacial score (nSPS) is 17.3. The molecule has 0 aliphatic carbocycles. The van der Waals surface area contributed by atoms with Crippen LogP contribution in [0.3, 0.4) is 0 Å². The number of aliphatic carboxylic acids is 1. The van der Waals surface area contributed by atoms with Crippen molar-refractivity contribution in [3.63, 3.8) is 0 Å². The average Bonchev–Trinajstić information content (AvgIpc) is 2.00. The van der Waals surface area contributed by atoms with Crippen LogP contribution in [0.15, 0.2) is 0 Å². The van der Waals surface area contributed by atoms with Crippen LogP contribution in [0.5, 0.6) is 0 Å². The third-order valence-corrected chi connectivity index (χ3v) is 1.16. The van der Waals surface area contributed by atoms with Crippen molar-refractivity contribution in [3.8, 4) is 0 Å². The first-order valence-corrected chi connectivity index (χ1v) is 2.88. The van der Waals surface area contributed by atoms with Gasteiger partial charge in [-0.1, -0.05) is 0 Å². The standard InChI is InChI=1S/C5H10O6.K/c6-1-2(7)3(8)4(9)5(10)11;/h2-4,6-9H,1H2,(H,10,11);. The molecule has 0 heterocycles. The Kier molecular flexibility index (Phi) is 9.46. The molecule has 3 unspecified atom stereocenters. The van der Waals surface area contributed by atoms with Crippen molar-refractivity contribution in [1.82, 2.24) is 0 Å². The zero-order valence-corrected chi connectivity index (χ0v) is 9.71. The van der Waals surface area contributed by atoms with Crippen molar-refractivity contribution in [3.05, 3.63) is 0 Å². The van der Waals surface area contributed by atoms with E-state index >= 15 is 0 Å². The summed E-state index contributed by atoms with van der Waals surface area (Å²) in [6.45, 7) is -0.800. The maximum absolute atomic E-state index is 9.96. The van der Waals surface area contributed by atoms with Crippen LogP contribution in [0.2, 0.25) is 0 Å². The minimum absolute atomic E-state index is 0. The van der Waals surface area contributed by atoms with Gasteiger partial charge in [0.15, 0.2) is 6.10 Å². The molecular formula is C5H10KO6. The summed E-state index contributed by atoms with van der Waals surface area (Å²) >= 11 is 0. The summed E-state index contributed by atoms with van der Waals surface area (Å²) in [6, 6.07) is 0. The predicted molar refractivity (Wildman–Crippen MR) is 38.5 cm³/mol. The Labute approximate surface area is 111 Å². The van der Waals surface area contributed by atoms with Crippen LogP contribution in [-0.2, 0) is 4.79 Å². The molecule has 1 radical (unpaired) electrons. The van der Waals surface area contributed by atoms with E-state index in [1.54, 1.807) is 0 Å². The molecule has 0 aromatic heterocycles. The predicted octanol–water partition coefficient (Wildman–Crippen LogP) is -3.23. The topological polar surface area (TPSA) is 118 Å². The Bertz CT molecular complexity index is 140. The Morgan fingerprint density at radius 3 is 1.92 bits per heavy atom. The monoisotopic (exact) mass is 205 g/mol. The Hall–Kier alpha value is 0.946. The van der Waals surface area contributed by atoms with Gasteiger partial charge in [0.2, 0.25) is 0 Å². The molecule has 0 rings (SSSR count). The average molecular weight is 205 g/mol. The second-order valence-electron chi connectivity index (χ2n) is 2.02. The Morgan fingerprint density at radius 1 is 1.25 bits per heavy atom. The summed E-state index contributed by atoms with van der Waals surface area (Å²) in [4.78, 5) is 9.96. The van der Waals surface area contributed by atoms with E-state index in [9.17, 15) is 4.79 Å². The van der Waals surface area contributed by atoms with Gasteiger partial charge in [0, 0.05) is 51.4 Å². The summed E-state index contributed by atoms with van der Waals surface area (Å²) in [5.41, 5.74) is 0. The number of rotatable bonds is 4. The molecule has 0 amide bonds. The zero-order valence-electron chi connectivity index (χ0n) is 6.58. The fourth-order valence-electron chi connectivity index (χ4n) is 0.465. The molecule has 67 valence electrons. The van der Waals surface area contributed by atoms with Crippen molar-refractivity contribution in [2.75, 3.05) is 6.61 Å². The molecule has 0 saturated carbocycles. The number of carboxylic acids is 1. The van der Waals surface area contributed by atoms with Gasteiger partial charge in [0.1, 0.15) is 12.2 Å². The van der Waals surface area contributed by atoms with E-state index in [2.05, 4.69) is 0 Å². The van der Waals surface area contributed by atoms with Gasteiger partial charge in [-0.3, -0.25) is 0 Å². The van der Waals surface area contributed by atoms with Crippen LogP contribution in [-0.4, -0.2) is 108 Å². The molecule has 0 aromatic carbocycles. The van der Waals surface area contributed by atoms with Gasteiger partial charge < -0.3 is 25.5 Å². The summed E-state index contributed by atoms with van der Waals surface area (Å²) in [5, 5.41) is 42.2. The number of aliphatic hydroxyl groups is 4. The first kappa shape index (κ1) is 15.4. The van der Waals surface area contributed by atoms with Crippen LogP contribution in [0, 0.1) is 0 Å². The minimum Gasteiger partial charge on any atom is -0.479 e. The molecule has 0 saturated heterocycles. The van der Waals surface area contributed by atoms with Gasteiger partial charge in [-0.05, 0) is 0 Å². The first-order chi connectivity index (χ1) is 5.00. The minimum atomic E-state index is -2.07. The third-order valence-electron chi connectivity index (χ3n) is 1.16. The zero-order chi connectivity index (χ0) is 9.02. The molecular weight excluding hydrogens is 195 g/mol. The van der Waals surface area contributed by atoms with Crippen LogP contribution in [0.1, 0.15) is 0 Å². The summed E-state index contributed by atoms with van der Waals surface area (Å²) in [5.74, 6) is -1.65. The smallest absolute Gasteiger partial charge is 0.335 e.